The lowest BCUT2D eigenvalue weighted by Crippen LogP contribution is -1.90. The highest BCUT2D eigenvalue weighted by Gasteiger charge is 2.02. The van der Waals surface area contributed by atoms with Gasteiger partial charge in [-0.2, -0.15) is 0 Å². The van der Waals surface area contributed by atoms with Crippen molar-refractivity contribution in [2.24, 2.45) is 0 Å². The van der Waals surface area contributed by atoms with Gasteiger partial charge < -0.3 is 5.73 Å². The molecule has 2 rings (SSSR count). The van der Waals surface area contributed by atoms with E-state index < -0.39 is 0 Å². The van der Waals surface area contributed by atoms with E-state index in [0.29, 0.717) is 0 Å². The second-order valence-electron chi connectivity index (χ2n) is 4.88. The molecule has 0 aliphatic heterocycles. The van der Waals surface area contributed by atoms with E-state index in [2.05, 4.69) is 44.7 Å². The van der Waals surface area contributed by atoms with Gasteiger partial charge in [0.1, 0.15) is 0 Å². The second kappa shape index (κ2) is 4.69. The summed E-state index contributed by atoms with van der Waals surface area (Å²) in [6.07, 6.45) is 2.17. The normalized spacial score (nSPS) is 11.8. The maximum atomic E-state index is 6.03. The van der Waals surface area contributed by atoms with Crippen molar-refractivity contribution in [3.8, 4) is 0 Å². The van der Waals surface area contributed by atoms with Crippen molar-refractivity contribution in [3.05, 3.63) is 59.2 Å². The van der Waals surface area contributed by atoms with Crippen molar-refractivity contribution >= 4 is 22.5 Å². The van der Waals surface area contributed by atoms with Crippen LogP contribution in [0.15, 0.2) is 48.1 Å². The topological polar surface area (TPSA) is 26.0 Å². The first kappa shape index (κ1) is 12.4. The highest BCUT2D eigenvalue weighted by Crippen LogP contribution is 2.26. The Kier molecular flexibility index (Phi) is 3.24. The van der Waals surface area contributed by atoms with Crippen molar-refractivity contribution in [2.75, 3.05) is 5.73 Å². The SMILES string of the molecule is C=C(C)/C(C)=C/c1cc2c(N)cccc2cc1C. The van der Waals surface area contributed by atoms with Gasteiger partial charge in [-0.15, -0.1) is 0 Å². The number of nitrogen functional groups attached to an aromatic ring is 1. The number of anilines is 1. The van der Waals surface area contributed by atoms with Crippen molar-refractivity contribution in [1.82, 2.24) is 0 Å². The molecular formula is C17H19N. The molecule has 0 fully saturated rings. The zero-order valence-corrected chi connectivity index (χ0v) is 11.2. The Hall–Kier alpha value is -2.02. The lowest BCUT2D eigenvalue weighted by Gasteiger charge is -2.08. The third-order valence-corrected chi connectivity index (χ3v) is 3.35. The highest BCUT2D eigenvalue weighted by atomic mass is 14.5. The summed E-state index contributed by atoms with van der Waals surface area (Å²) in [5.41, 5.74) is 11.6. The van der Waals surface area contributed by atoms with Crippen LogP contribution in [0.2, 0.25) is 0 Å². The van der Waals surface area contributed by atoms with E-state index in [9.17, 15) is 0 Å². The van der Waals surface area contributed by atoms with Crippen LogP contribution in [0, 0.1) is 6.92 Å². The van der Waals surface area contributed by atoms with Gasteiger partial charge in [0.2, 0.25) is 0 Å². The third kappa shape index (κ3) is 2.30. The number of aryl methyl sites for hydroxylation is 1. The zero-order valence-electron chi connectivity index (χ0n) is 11.2. The van der Waals surface area contributed by atoms with Gasteiger partial charge in [-0.05, 0) is 55.0 Å². The Balaban J connectivity index is 2.66. The molecule has 0 amide bonds. The summed E-state index contributed by atoms with van der Waals surface area (Å²) >= 11 is 0. The van der Waals surface area contributed by atoms with E-state index in [4.69, 9.17) is 5.73 Å². The van der Waals surface area contributed by atoms with Crippen LogP contribution in [0.4, 0.5) is 5.69 Å². The summed E-state index contributed by atoms with van der Waals surface area (Å²) < 4.78 is 0. The molecule has 0 radical (unpaired) electrons. The summed E-state index contributed by atoms with van der Waals surface area (Å²) in [6.45, 7) is 10.2. The Morgan fingerprint density at radius 1 is 1.22 bits per heavy atom. The molecule has 0 heterocycles. The van der Waals surface area contributed by atoms with Gasteiger partial charge in [0, 0.05) is 11.1 Å². The smallest absolute Gasteiger partial charge is 0.0393 e. The number of rotatable bonds is 2. The molecule has 18 heavy (non-hydrogen) atoms. The van der Waals surface area contributed by atoms with Gasteiger partial charge in [0.05, 0.1) is 0 Å². The Morgan fingerprint density at radius 3 is 2.61 bits per heavy atom. The fraction of sp³-hybridized carbons (Fsp3) is 0.176. The van der Waals surface area contributed by atoms with Crippen molar-refractivity contribution in [2.45, 2.75) is 20.8 Å². The van der Waals surface area contributed by atoms with Crippen LogP contribution in [0.1, 0.15) is 25.0 Å². The van der Waals surface area contributed by atoms with Crippen LogP contribution in [0.25, 0.3) is 16.8 Å². The lowest BCUT2D eigenvalue weighted by atomic mass is 9.98. The molecule has 0 saturated heterocycles. The van der Waals surface area contributed by atoms with Crippen LogP contribution in [-0.2, 0) is 0 Å². The first-order chi connectivity index (χ1) is 8.49. The summed E-state index contributed by atoms with van der Waals surface area (Å²) in [4.78, 5) is 0. The average molecular weight is 237 g/mol. The molecule has 0 aromatic heterocycles. The molecular weight excluding hydrogens is 218 g/mol. The number of benzene rings is 2. The number of fused-ring (bicyclic) bond motifs is 1. The molecule has 0 unspecified atom stereocenters. The van der Waals surface area contributed by atoms with Crippen LogP contribution in [0.5, 0.6) is 0 Å². The minimum atomic E-state index is 0.829. The van der Waals surface area contributed by atoms with Gasteiger partial charge in [0.25, 0.3) is 0 Å². The zero-order chi connectivity index (χ0) is 13.3. The number of allylic oxidation sites excluding steroid dienone is 2. The van der Waals surface area contributed by atoms with Gasteiger partial charge in [0.15, 0.2) is 0 Å². The molecule has 1 nitrogen and oxygen atoms in total. The lowest BCUT2D eigenvalue weighted by molar-refractivity contribution is 1.37. The van der Waals surface area contributed by atoms with E-state index in [1.165, 1.54) is 22.1 Å². The van der Waals surface area contributed by atoms with Crippen molar-refractivity contribution in [3.63, 3.8) is 0 Å². The van der Waals surface area contributed by atoms with Gasteiger partial charge in [-0.1, -0.05) is 36.4 Å². The van der Waals surface area contributed by atoms with Crippen LogP contribution in [-0.4, -0.2) is 0 Å². The summed E-state index contributed by atoms with van der Waals surface area (Å²) in [6, 6.07) is 10.4. The molecule has 0 bridgehead atoms. The Morgan fingerprint density at radius 2 is 1.94 bits per heavy atom. The van der Waals surface area contributed by atoms with E-state index >= 15 is 0 Å². The van der Waals surface area contributed by atoms with E-state index in [-0.39, 0.29) is 0 Å². The maximum absolute atomic E-state index is 6.03. The average Bonchev–Trinajstić information content (AvgIpc) is 2.31. The Labute approximate surface area is 109 Å². The van der Waals surface area contributed by atoms with Crippen molar-refractivity contribution in [1.29, 1.82) is 0 Å². The largest absolute Gasteiger partial charge is 0.398 e. The van der Waals surface area contributed by atoms with E-state index in [1.54, 1.807) is 0 Å². The van der Waals surface area contributed by atoms with Gasteiger partial charge in [-0.3, -0.25) is 0 Å². The first-order valence-electron chi connectivity index (χ1n) is 6.12. The van der Waals surface area contributed by atoms with Crippen LogP contribution >= 0.6 is 0 Å². The Bertz CT molecular complexity index is 648. The molecule has 0 aliphatic carbocycles. The number of hydrogen-bond acceptors (Lipinski definition) is 1. The quantitative estimate of drug-likeness (QED) is 0.594. The van der Waals surface area contributed by atoms with Crippen LogP contribution < -0.4 is 5.73 Å². The fourth-order valence-corrected chi connectivity index (χ4v) is 1.99. The summed E-state index contributed by atoms with van der Waals surface area (Å²) in [7, 11) is 0. The molecule has 0 saturated carbocycles. The molecule has 2 N–H and O–H groups in total. The van der Waals surface area contributed by atoms with E-state index in [0.717, 1.165) is 16.6 Å². The molecule has 2 aromatic rings. The molecule has 0 atom stereocenters. The fourth-order valence-electron chi connectivity index (χ4n) is 1.99. The second-order valence-corrected chi connectivity index (χ2v) is 4.88. The van der Waals surface area contributed by atoms with Gasteiger partial charge >= 0.3 is 0 Å². The number of nitrogens with two attached hydrogens (primary N) is 1. The highest BCUT2D eigenvalue weighted by molar-refractivity contribution is 5.95. The predicted octanol–water partition coefficient (Wildman–Crippen LogP) is 4.71. The van der Waals surface area contributed by atoms with E-state index in [1.807, 2.05) is 19.1 Å². The molecule has 2 aromatic carbocycles. The maximum Gasteiger partial charge on any atom is 0.0393 e. The molecule has 1 heteroatoms. The van der Waals surface area contributed by atoms with Crippen molar-refractivity contribution < 1.29 is 0 Å². The first-order valence-corrected chi connectivity index (χ1v) is 6.12. The molecule has 0 aliphatic rings. The minimum Gasteiger partial charge on any atom is -0.398 e. The predicted molar refractivity (Wildman–Crippen MR) is 81.6 cm³/mol. The monoisotopic (exact) mass is 237 g/mol. The summed E-state index contributed by atoms with van der Waals surface area (Å²) in [5, 5.41) is 2.31. The van der Waals surface area contributed by atoms with Crippen LogP contribution in [0.3, 0.4) is 0 Å². The number of hydrogen-bond donors (Lipinski definition) is 1. The minimum absolute atomic E-state index is 0.829. The van der Waals surface area contributed by atoms with Gasteiger partial charge in [-0.25, -0.2) is 0 Å². The molecule has 0 spiro atoms. The molecule has 92 valence electrons. The third-order valence-electron chi connectivity index (χ3n) is 3.35. The summed E-state index contributed by atoms with van der Waals surface area (Å²) in [5.74, 6) is 0. The standard InChI is InChI=1S/C17H19N/c1-11(2)12(3)8-15-10-16-14(9-13(15)4)6-5-7-17(16)18/h5-10H,1,18H2,2-4H3/b12-8+.